The lowest BCUT2D eigenvalue weighted by molar-refractivity contribution is -0.136. The molecule has 0 aliphatic carbocycles. The summed E-state index contributed by atoms with van der Waals surface area (Å²) < 4.78 is 0.633. The number of rotatable bonds is 1. The molecule has 1 aromatic carbocycles. The molecule has 0 radical (unpaired) electrons. The molecule has 20 heavy (non-hydrogen) atoms. The number of carbonyl (C=O) groups is 2. The first-order chi connectivity index (χ1) is 9.16. The van der Waals surface area contributed by atoms with Gasteiger partial charge in [-0.25, -0.2) is 0 Å². The third-order valence-corrected chi connectivity index (χ3v) is 4.99. The Morgan fingerprint density at radius 1 is 1.25 bits per heavy atom. The van der Waals surface area contributed by atoms with Crippen LogP contribution in [0.3, 0.4) is 0 Å². The number of nitrogens with one attached hydrogen (secondary N) is 1. The van der Waals surface area contributed by atoms with Crippen LogP contribution in [0, 0.1) is 0 Å². The van der Waals surface area contributed by atoms with Crippen molar-refractivity contribution in [2.24, 2.45) is 0 Å². The van der Waals surface area contributed by atoms with E-state index in [1.54, 1.807) is 32.9 Å². The van der Waals surface area contributed by atoms with Crippen LogP contribution in [-0.4, -0.2) is 23.4 Å². The summed E-state index contributed by atoms with van der Waals surface area (Å²) in [7, 11) is 0. The maximum atomic E-state index is 12.5. The van der Waals surface area contributed by atoms with E-state index in [2.05, 4.69) is 21.2 Å². The van der Waals surface area contributed by atoms with E-state index in [0.29, 0.717) is 15.2 Å². The fourth-order valence-corrected chi connectivity index (χ4v) is 2.94. The van der Waals surface area contributed by atoms with Crippen molar-refractivity contribution < 1.29 is 9.59 Å². The molecule has 1 aliphatic heterocycles. The summed E-state index contributed by atoms with van der Waals surface area (Å²) in [5.41, 5.74) is -0.549. The Kier molecular flexibility index (Phi) is 4.06. The van der Waals surface area contributed by atoms with Crippen molar-refractivity contribution in [3.05, 3.63) is 26.7 Å². The molecule has 0 aromatic heterocycles. The van der Waals surface area contributed by atoms with E-state index in [1.807, 2.05) is 0 Å². The lowest BCUT2D eigenvalue weighted by atomic mass is 9.96. The fraction of sp³-hybridized carbons (Fsp3) is 0.385. The molecule has 1 aromatic rings. The van der Waals surface area contributed by atoms with Crippen LogP contribution in [0.1, 0.15) is 20.8 Å². The summed E-state index contributed by atoms with van der Waals surface area (Å²) >= 11 is 15.6. The van der Waals surface area contributed by atoms with Gasteiger partial charge in [-0.15, -0.1) is 0 Å². The van der Waals surface area contributed by atoms with E-state index in [1.165, 1.54) is 4.90 Å². The molecular formula is C13H13BrCl2N2O2. The smallest absolute Gasteiger partial charge is 0.252 e. The summed E-state index contributed by atoms with van der Waals surface area (Å²) in [6, 6.07) is 2.72. The second kappa shape index (κ2) is 5.20. The Morgan fingerprint density at radius 2 is 1.85 bits per heavy atom. The molecule has 1 atom stereocenters. The van der Waals surface area contributed by atoms with Gasteiger partial charge >= 0.3 is 0 Å². The highest BCUT2D eigenvalue weighted by molar-refractivity contribution is 9.10. The summed E-state index contributed by atoms with van der Waals surface area (Å²) in [6.45, 7) is 4.95. The first-order valence-corrected chi connectivity index (χ1v) is 7.51. The Labute approximate surface area is 135 Å². The highest BCUT2D eigenvalue weighted by atomic mass is 79.9. The van der Waals surface area contributed by atoms with Crippen LogP contribution in [0.5, 0.6) is 0 Å². The van der Waals surface area contributed by atoms with E-state index < -0.39 is 11.6 Å². The fourth-order valence-electron chi connectivity index (χ4n) is 2.08. The highest BCUT2D eigenvalue weighted by Gasteiger charge is 2.44. The van der Waals surface area contributed by atoms with Crippen molar-refractivity contribution in [3.63, 3.8) is 0 Å². The zero-order valence-corrected chi connectivity index (χ0v) is 14.2. The predicted octanol–water partition coefficient (Wildman–Crippen LogP) is 3.39. The van der Waals surface area contributed by atoms with Gasteiger partial charge in [0, 0.05) is 4.47 Å². The maximum Gasteiger partial charge on any atom is 0.252 e. The van der Waals surface area contributed by atoms with Crippen LogP contribution in [0.15, 0.2) is 16.6 Å². The Balaban J connectivity index is 2.57. The van der Waals surface area contributed by atoms with Crippen molar-refractivity contribution in [3.8, 4) is 0 Å². The number of carbonyl (C=O) groups excluding carboxylic acids is 2. The molecule has 1 N–H and O–H groups in total. The maximum absolute atomic E-state index is 12.5. The minimum Gasteiger partial charge on any atom is -0.340 e. The van der Waals surface area contributed by atoms with Gasteiger partial charge < -0.3 is 5.32 Å². The number of amides is 2. The zero-order valence-electron chi connectivity index (χ0n) is 11.1. The van der Waals surface area contributed by atoms with Crippen LogP contribution >= 0.6 is 39.1 Å². The lowest BCUT2D eigenvalue weighted by Crippen LogP contribution is -2.67. The number of benzene rings is 1. The van der Waals surface area contributed by atoms with Crippen molar-refractivity contribution in [2.75, 3.05) is 4.90 Å². The predicted molar refractivity (Wildman–Crippen MR) is 83.3 cm³/mol. The minimum absolute atomic E-state index is 0.232. The molecule has 2 rings (SSSR count). The molecular weight excluding hydrogens is 367 g/mol. The number of hydrogen-bond donors (Lipinski definition) is 1. The monoisotopic (exact) mass is 378 g/mol. The average molecular weight is 380 g/mol. The third-order valence-electron chi connectivity index (χ3n) is 3.23. The first-order valence-electron chi connectivity index (χ1n) is 5.96. The molecule has 4 nitrogen and oxygen atoms in total. The zero-order chi connectivity index (χ0) is 15.2. The number of hydrogen-bond acceptors (Lipinski definition) is 2. The first kappa shape index (κ1) is 15.6. The molecule has 1 saturated heterocycles. The number of piperazine rings is 1. The minimum atomic E-state index is -0.980. The summed E-state index contributed by atoms with van der Waals surface area (Å²) in [4.78, 5) is 25.9. The Morgan fingerprint density at radius 3 is 2.45 bits per heavy atom. The molecule has 2 amide bonds. The molecule has 1 aliphatic rings. The van der Waals surface area contributed by atoms with Crippen LogP contribution in [0.4, 0.5) is 5.69 Å². The average Bonchev–Trinajstić information content (AvgIpc) is 2.36. The van der Waals surface area contributed by atoms with E-state index in [9.17, 15) is 9.59 Å². The topological polar surface area (TPSA) is 49.4 Å². The molecule has 1 fully saturated rings. The normalized spacial score (nSPS) is 21.9. The molecule has 1 unspecified atom stereocenters. The third kappa shape index (κ3) is 2.43. The second-order valence-corrected chi connectivity index (χ2v) is 6.77. The van der Waals surface area contributed by atoms with Gasteiger partial charge in [-0.1, -0.05) is 23.2 Å². The van der Waals surface area contributed by atoms with Crippen LogP contribution in [0.2, 0.25) is 10.0 Å². The molecule has 108 valence electrons. The number of anilines is 1. The van der Waals surface area contributed by atoms with Gasteiger partial charge in [-0.3, -0.25) is 14.5 Å². The quantitative estimate of drug-likeness (QED) is 0.760. The standard InChI is InChI=1S/C13H13BrCl2N2O2/c1-6-11(19)17-13(2,3)12(20)18(6)8-5-4-7(14)9(15)10(8)16/h4-6H,1-3H3,(H,17,19). The van der Waals surface area contributed by atoms with Gasteiger partial charge in [0.1, 0.15) is 11.6 Å². The van der Waals surface area contributed by atoms with Crippen LogP contribution in [0.25, 0.3) is 0 Å². The summed E-state index contributed by atoms with van der Waals surface area (Å²) in [5, 5.41) is 3.24. The lowest BCUT2D eigenvalue weighted by Gasteiger charge is -2.41. The molecule has 1 heterocycles. The second-order valence-electron chi connectivity index (χ2n) is 5.16. The van der Waals surface area contributed by atoms with E-state index >= 15 is 0 Å². The van der Waals surface area contributed by atoms with Crippen molar-refractivity contribution in [1.29, 1.82) is 0 Å². The summed E-state index contributed by atoms with van der Waals surface area (Å²) in [6.07, 6.45) is 0. The van der Waals surface area contributed by atoms with Gasteiger partial charge in [0.15, 0.2) is 0 Å². The van der Waals surface area contributed by atoms with Gasteiger partial charge in [-0.2, -0.15) is 0 Å². The van der Waals surface area contributed by atoms with Crippen molar-refractivity contribution in [2.45, 2.75) is 32.4 Å². The van der Waals surface area contributed by atoms with Crippen molar-refractivity contribution >= 4 is 56.6 Å². The van der Waals surface area contributed by atoms with E-state index in [-0.39, 0.29) is 16.8 Å². The van der Waals surface area contributed by atoms with Gasteiger partial charge in [0.2, 0.25) is 5.91 Å². The SMILES string of the molecule is CC1C(=O)NC(C)(C)C(=O)N1c1ccc(Br)c(Cl)c1Cl. The van der Waals surface area contributed by atoms with Gasteiger partial charge in [0.05, 0.1) is 15.7 Å². The highest BCUT2D eigenvalue weighted by Crippen LogP contribution is 2.39. The molecule has 7 heteroatoms. The van der Waals surface area contributed by atoms with E-state index in [0.717, 1.165) is 0 Å². The van der Waals surface area contributed by atoms with Gasteiger partial charge in [0.25, 0.3) is 5.91 Å². The van der Waals surface area contributed by atoms with Crippen molar-refractivity contribution in [1.82, 2.24) is 5.32 Å². The molecule has 0 bridgehead atoms. The molecule has 0 saturated carbocycles. The van der Waals surface area contributed by atoms with Crippen LogP contribution in [-0.2, 0) is 9.59 Å². The Bertz CT molecular complexity index is 604. The largest absolute Gasteiger partial charge is 0.340 e. The Hall–Kier alpha value is -0.780. The van der Waals surface area contributed by atoms with Gasteiger partial charge in [-0.05, 0) is 48.8 Å². The number of halogens is 3. The summed E-state index contributed by atoms with van der Waals surface area (Å²) in [5.74, 6) is -0.463. The van der Waals surface area contributed by atoms with E-state index in [4.69, 9.17) is 23.2 Å². The van der Waals surface area contributed by atoms with Crippen LogP contribution < -0.4 is 10.2 Å². The number of nitrogens with zero attached hydrogens (tertiary/aromatic N) is 1. The molecule has 0 spiro atoms.